The first kappa shape index (κ1) is 8.20. The highest BCUT2D eigenvalue weighted by Gasteiger charge is 2.16. The van der Waals surface area contributed by atoms with Crippen LogP contribution in [0.1, 0.15) is 25.3 Å². The first-order valence-corrected chi connectivity index (χ1v) is 4.22. The van der Waals surface area contributed by atoms with Gasteiger partial charge >= 0.3 is 5.00 Å². The van der Waals surface area contributed by atoms with E-state index in [1.807, 2.05) is 19.9 Å². The van der Waals surface area contributed by atoms with Crippen molar-refractivity contribution in [1.29, 1.82) is 0 Å². The largest absolute Gasteiger partial charge is 0.327 e. The maximum absolute atomic E-state index is 10.4. The van der Waals surface area contributed by atoms with Crippen LogP contribution in [-0.4, -0.2) is 4.92 Å². The van der Waals surface area contributed by atoms with Crippen LogP contribution in [0.2, 0.25) is 0 Å². The minimum Gasteiger partial charge on any atom is -0.258 e. The third-order valence-corrected chi connectivity index (χ3v) is 2.34. The van der Waals surface area contributed by atoms with Crippen LogP contribution < -0.4 is 0 Å². The molecule has 0 aromatic carbocycles. The minimum absolute atomic E-state index is 0.238. The fourth-order valence-corrected chi connectivity index (χ4v) is 1.77. The standard InChI is InChI=1S/C7H9NO2S/c1-5(2)6-3-4-11-7(6)8(9)10/h3-5H,1-2H3. The van der Waals surface area contributed by atoms with Gasteiger partial charge in [0.15, 0.2) is 0 Å². The van der Waals surface area contributed by atoms with Crippen LogP contribution >= 0.6 is 11.3 Å². The summed E-state index contributed by atoms with van der Waals surface area (Å²) < 4.78 is 0. The Morgan fingerprint density at radius 1 is 1.64 bits per heavy atom. The zero-order valence-corrected chi connectivity index (χ0v) is 7.22. The highest BCUT2D eigenvalue weighted by molar-refractivity contribution is 7.13. The van der Waals surface area contributed by atoms with E-state index < -0.39 is 0 Å². The molecule has 11 heavy (non-hydrogen) atoms. The lowest BCUT2D eigenvalue weighted by Gasteiger charge is -1.98. The summed E-state index contributed by atoms with van der Waals surface area (Å²) in [6.45, 7) is 3.91. The second-order valence-electron chi connectivity index (χ2n) is 2.59. The smallest absolute Gasteiger partial charge is 0.258 e. The molecule has 0 unspecified atom stereocenters. The van der Waals surface area contributed by atoms with Crippen molar-refractivity contribution >= 4 is 16.3 Å². The summed E-state index contributed by atoms with van der Waals surface area (Å²) in [5, 5.41) is 12.4. The van der Waals surface area contributed by atoms with Crippen LogP contribution in [0.5, 0.6) is 0 Å². The normalized spacial score (nSPS) is 10.5. The summed E-state index contributed by atoms with van der Waals surface area (Å²) in [6.07, 6.45) is 0. The van der Waals surface area contributed by atoms with Crippen LogP contribution in [0.4, 0.5) is 5.00 Å². The third kappa shape index (κ3) is 1.57. The van der Waals surface area contributed by atoms with Crippen molar-refractivity contribution in [1.82, 2.24) is 0 Å². The zero-order valence-electron chi connectivity index (χ0n) is 6.40. The summed E-state index contributed by atoms with van der Waals surface area (Å²) in [6, 6.07) is 1.81. The second-order valence-corrected chi connectivity index (χ2v) is 3.49. The molecular weight excluding hydrogens is 162 g/mol. The first-order chi connectivity index (χ1) is 5.13. The Morgan fingerprint density at radius 2 is 2.27 bits per heavy atom. The fraction of sp³-hybridized carbons (Fsp3) is 0.429. The summed E-state index contributed by atoms with van der Waals surface area (Å²) >= 11 is 1.19. The van der Waals surface area contributed by atoms with Crippen LogP contribution in [0.25, 0.3) is 0 Å². The highest BCUT2D eigenvalue weighted by Crippen LogP contribution is 2.31. The number of rotatable bonds is 2. The fourth-order valence-electron chi connectivity index (χ4n) is 0.899. The Morgan fingerprint density at radius 3 is 2.64 bits per heavy atom. The van der Waals surface area contributed by atoms with Gasteiger partial charge in [-0.3, -0.25) is 10.1 Å². The molecule has 1 aromatic rings. The zero-order chi connectivity index (χ0) is 8.43. The van der Waals surface area contributed by atoms with Crippen molar-refractivity contribution in [2.24, 2.45) is 0 Å². The Balaban J connectivity index is 3.06. The second kappa shape index (κ2) is 3.00. The van der Waals surface area contributed by atoms with Crippen LogP contribution in [0.15, 0.2) is 11.4 Å². The number of hydrogen-bond donors (Lipinski definition) is 0. The van der Waals surface area contributed by atoms with Crippen molar-refractivity contribution in [3.05, 3.63) is 27.1 Å². The van der Waals surface area contributed by atoms with Crippen molar-refractivity contribution in [3.63, 3.8) is 0 Å². The SMILES string of the molecule is CC(C)c1ccsc1[N+](=O)[O-]. The van der Waals surface area contributed by atoms with Crippen LogP contribution in [-0.2, 0) is 0 Å². The third-order valence-electron chi connectivity index (χ3n) is 1.46. The molecule has 1 rings (SSSR count). The minimum atomic E-state index is -0.319. The van der Waals surface area contributed by atoms with E-state index in [-0.39, 0.29) is 15.8 Å². The maximum Gasteiger partial charge on any atom is 0.327 e. The van der Waals surface area contributed by atoms with Gasteiger partial charge in [-0.15, -0.1) is 0 Å². The van der Waals surface area contributed by atoms with Gasteiger partial charge in [0.05, 0.1) is 4.92 Å². The molecule has 1 heterocycles. The number of nitrogens with zero attached hydrogens (tertiary/aromatic N) is 1. The van der Waals surface area contributed by atoms with E-state index in [1.54, 1.807) is 5.38 Å². The summed E-state index contributed by atoms with van der Waals surface area (Å²) in [4.78, 5) is 10.1. The Bertz CT molecular complexity index is 267. The van der Waals surface area contributed by atoms with E-state index in [2.05, 4.69) is 0 Å². The lowest BCUT2D eigenvalue weighted by molar-refractivity contribution is -0.381. The lowest BCUT2D eigenvalue weighted by Crippen LogP contribution is -1.91. The molecule has 0 saturated heterocycles. The quantitative estimate of drug-likeness (QED) is 0.507. The average molecular weight is 171 g/mol. The van der Waals surface area contributed by atoms with E-state index in [4.69, 9.17) is 0 Å². The highest BCUT2D eigenvalue weighted by atomic mass is 32.1. The Labute approximate surface area is 68.8 Å². The number of hydrogen-bond acceptors (Lipinski definition) is 3. The molecule has 0 aliphatic heterocycles. The molecule has 1 aromatic heterocycles. The predicted octanol–water partition coefficient (Wildman–Crippen LogP) is 2.78. The van der Waals surface area contributed by atoms with Crippen molar-refractivity contribution < 1.29 is 4.92 Å². The maximum atomic E-state index is 10.4. The van der Waals surface area contributed by atoms with Gasteiger partial charge in [-0.2, -0.15) is 0 Å². The van der Waals surface area contributed by atoms with Crippen molar-refractivity contribution in [3.8, 4) is 0 Å². The van der Waals surface area contributed by atoms with E-state index >= 15 is 0 Å². The number of thiophene rings is 1. The molecule has 0 aliphatic rings. The molecule has 0 amide bonds. The Hall–Kier alpha value is -0.900. The number of nitro groups is 1. The van der Waals surface area contributed by atoms with Crippen molar-refractivity contribution in [2.75, 3.05) is 0 Å². The van der Waals surface area contributed by atoms with Gasteiger partial charge in [-0.1, -0.05) is 25.2 Å². The van der Waals surface area contributed by atoms with Gasteiger partial charge < -0.3 is 0 Å². The van der Waals surface area contributed by atoms with Gasteiger partial charge in [0.25, 0.3) is 0 Å². The molecule has 0 aliphatic carbocycles. The van der Waals surface area contributed by atoms with Crippen molar-refractivity contribution in [2.45, 2.75) is 19.8 Å². The van der Waals surface area contributed by atoms with Gasteiger partial charge in [-0.05, 0) is 17.4 Å². The van der Waals surface area contributed by atoms with E-state index in [1.165, 1.54) is 11.3 Å². The summed E-state index contributed by atoms with van der Waals surface area (Å²) in [7, 11) is 0. The molecule has 0 radical (unpaired) electrons. The molecule has 0 atom stereocenters. The topological polar surface area (TPSA) is 43.1 Å². The van der Waals surface area contributed by atoms with E-state index in [0.717, 1.165) is 5.56 Å². The van der Waals surface area contributed by atoms with E-state index in [0.29, 0.717) is 0 Å². The molecule has 0 fully saturated rings. The van der Waals surface area contributed by atoms with Gasteiger partial charge in [-0.25, -0.2) is 0 Å². The van der Waals surface area contributed by atoms with Gasteiger partial charge in [0, 0.05) is 5.56 Å². The Kier molecular flexibility index (Phi) is 2.24. The molecule has 0 N–H and O–H groups in total. The molecule has 0 bridgehead atoms. The van der Waals surface area contributed by atoms with E-state index in [9.17, 15) is 10.1 Å². The molecule has 0 saturated carbocycles. The molecular formula is C7H9NO2S. The van der Waals surface area contributed by atoms with Crippen LogP contribution in [0.3, 0.4) is 0 Å². The first-order valence-electron chi connectivity index (χ1n) is 3.34. The van der Waals surface area contributed by atoms with Gasteiger partial charge in [0.2, 0.25) is 0 Å². The van der Waals surface area contributed by atoms with Crippen LogP contribution in [0, 0.1) is 10.1 Å². The molecule has 60 valence electrons. The predicted molar refractivity (Wildman–Crippen MR) is 45.1 cm³/mol. The molecule has 0 spiro atoms. The summed E-state index contributed by atoms with van der Waals surface area (Å²) in [5.74, 6) is 0.238. The monoisotopic (exact) mass is 171 g/mol. The lowest BCUT2D eigenvalue weighted by atomic mass is 10.1. The average Bonchev–Trinajstić information content (AvgIpc) is 2.32. The van der Waals surface area contributed by atoms with Gasteiger partial charge in [0.1, 0.15) is 0 Å². The summed E-state index contributed by atoms with van der Waals surface area (Å²) in [5.41, 5.74) is 0.833. The molecule has 4 heteroatoms. The molecule has 3 nitrogen and oxygen atoms in total.